The lowest BCUT2D eigenvalue weighted by Crippen LogP contribution is -2.60. The van der Waals surface area contributed by atoms with Gasteiger partial charge < -0.3 is 68.9 Å². The maximum absolute atomic E-state index is 14.2. The van der Waals surface area contributed by atoms with Crippen LogP contribution in [0.15, 0.2) is 0 Å². The van der Waals surface area contributed by atoms with Crippen molar-refractivity contribution >= 4 is 5.97 Å². The highest BCUT2D eigenvalue weighted by atomic mass is 16.7. The molecule has 0 bridgehead atoms. The third-order valence-corrected chi connectivity index (χ3v) is 12.2. The van der Waals surface area contributed by atoms with Crippen LogP contribution in [0.5, 0.6) is 0 Å². The van der Waals surface area contributed by atoms with Gasteiger partial charge in [0, 0.05) is 44.7 Å². The zero-order valence-electron chi connectivity index (χ0n) is 36.3. The molecule has 3 aliphatic heterocycles. The third-order valence-electron chi connectivity index (χ3n) is 12.2. The minimum atomic E-state index is -1.80. The quantitative estimate of drug-likeness (QED) is 0.204. The largest absolute Gasteiger partial charge is 0.459 e. The fourth-order valence-corrected chi connectivity index (χ4v) is 8.74. The Morgan fingerprint density at radius 3 is 2.04 bits per heavy atom. The molecule has 0 aliphatic carbocycles. The van der Waals surface area contributed by atoms with E-state index in [0.29, 0.717) is 13.0 Å². The zero-order chi connectivity index (χ0) is 42.4. The number of aliphatic hydroxyl groups excluding tert-OH is 4. The summed E-state index contributed by atoms with van der Waals surface area (Å²) in [5.74, 6) is -2.58. The Bertz CT molecular complexity index is 1160. The Morgan fingerprint density at radius 2 is 1.51 bits per heavy atom. The smallest absolute Gasteiger partial charge is 0.311 e. The van der Waals surface area contributed by atoms with E-state index in [2.05, 4.69) is 0 Å². The monoisotopic (exact) mass is 795 g/mol. The van der Waals surface area contributed by atoms with Crippen molar-refractivity contribution in [3.63, 3.8) is 0 Å². The molecule has 0 aromatic carbocycles. The highest BCUT2D eigenvalue weighted by Gasteiger charge is 2.52. The van der Waals surface area contributed by atoms with Gasteiger partial charge in [-0.3, -0.25) is 4.79 Å². The van der Waals surface area contributed by atoms with Gasteiger partial charge in [0.1, 0.15) is 30.0 Å². The van der Waals surface area contributed by atoms with Crippen LogP contribution in [0.4, 0.5) is 0 Å². The number of likely N-dealkylation sites (N-methyl/N-ethyl adjacent to an activating group) is 2. The molecule has 3 fully saturated rings. The molecule has 0 radical (unpaired) electrons. The molecule has 55 heavy (non-hydrogen) atoms. The Morgan fingerprint density at radius 1 is 0.927 bits per heavy atom. The number of rotatable bonds is 7. The minimum absolute atomic E-state index is 0.133. The van der Waals surface area contributed by atoms with Crippen molar-refractivity contribution in [3.05, 3.63) is 0 Å². The van der Waals surface area contributed by atoms with Crippen LogP contribution in [0.2, 0.25) is 0 Å². The number of nitrogens with zero attached hydrogens (tertiary/aromatic N) is 2. The number of hydrogen-bond donors (Lipinski definition) is 6. The van der Waals surface area contributed by atoms with Crippen molar-refractivity contribution in [2.45, 2.75) is 192 Å². The van der Waals surface area contributed by atoms with Crippen LogP contribution in [0.1, 0.15) is 102 Å². The molecule has 3 rings (SSSR count). The van der Waals surface area contributed by atoms with Crippen LogP contribution in [0.3, 0.4) is 0 Å². The van der Waals surface area contributed by atoms with Gasteiger partial charge in [-0.25, -0.2) is 0 Å². The number of cyclic esters (lactones) is 1. The summed E-state index contributed by atoms with van der Waals surface area (Å²) in [6, 6.07) is -0.808. The summed E-state index contributed by atoms with van der Waals surface area (Å²) in [5.41, 5.74) is -4.37. The van der Waals surface area contributed by atoms with Crippen LogP contribution in [0, 0.1) is 17.8 Å². The van der Waals surface area contributed by atoms with Crippen LogP contribution < -0.4 is 0 Å². The summed E-state index contributed by atoms with van der Waals surface area (Å²) < 4.78 is 37.5. The van der Waals surface area contributed by atoms with Gasteiger partial charge in [-0.15, -0.1) is 0 Å². The Kier molecular flexibility index (Phi) is 18.9. The number of aliphatic hydroxyl groups is 6. The lowest BCUT2D eigenvalue weighted by atomic mass is 9.77. The molecule has 326 valence electrons. The molecule has 0 saturated carbocycles. The maximum atomic E-state index is 14.2. The SMILES string of the molecule is CCO.CC[C@H]1OC(=O)[C@H](C)[C@@H](O[C@H]2C[C@@](C)(OC)[C@@H](O)[C@H](C)O2)[C@H](C)[C@@H](O[C@@H]2O[C@H](C)C[C@H](N(C)C)[C@H]2O)[C@](C)(O)C[C@@H](C)CN(C)[C@H](C)[C@@H](O)[C@]1(C)O. The van der Waals surface area contributed by atoms with Crippen molar-refractivity contribution in [2.24, 2.45) is 17.8 Å². The Balaban J connectivity index is 0.00000337. The van der Waals surface area contributed by atoms with E-state index >= 15 is 0 Å². The van der Waals surface area contributed by atoms with E-state index in [9.17, 15) is 30.3 Å². The van der Waals surface area contributed by atoms with E-state index < -0.39 is 96.0 Å². The molecule has 0 spiro atoms. The molecular formula is C40H78N2O13. The van der Waals surface area contributed by atoms with Gasteiger partial charge in [0.25, 0.3) is 0 Å². The predicted octanol–water partition coefficient (Wildman–Crippen LogP) is 1.90. The first-order chi connectivity index (χ1) is 25.3. The van der Waals surface area contributed by atoms with Gasteiger partial charge in [-0.2, -0.15) is 0 Å². The molecule has 3 heterocycles. The van der Waals surface area contributed by atoms with Crippen molar-refractivity contribution in [3.8, 4) is 0 Å². The molecule has 0 aromatic heterocycles. The minimum Gasteiger partial charge on any atom is -0.459 e. The molecule has 3 saturated heterocycles. The molecule has 18 atom stereocenters. The lowest BCUT2D eigenvalue weighted by molar-refractivity contribution is -0.318. The van der Waals surface area contributed by atoms with Gasteiger partial charge in [-0.1, -0.05) is 20.8 Å². The van der Waals surface area contributed by atoms with E-state index in [-0.39, 0.29) is 43.9 Å². The van der Waals surface area contributed by atoms with Crippen LogP contribution >= 0.6 is 0 Å². The topological polar surface area (TPSA) is 200 Å². The van der Waals surface area contributed by atoms with E-state index in [4.69, 9.17) is 33.5 Å². The number of esters is 1. The standard InChI is InChI=1S/C38H72N2O12.C2H6O/c1-15-27-38(10,46)31(42)24(6)40(13)19-20(2)17-36(8,45)33(52-35-29(41)26(39(11)12)16-21(3)48-35)22(4)30(23(5)34(44)50-27)51-28-18-37(9,47-14)32(43)25(7)49-28;1-2-3/h20-33,35,41-43,45-46H,15-19H2,1-14H3;3H,2H2,1H3/t20-,21-,22+,23-,24-,25+,26+,27-,28+,29-,30+,31-,32+,33-,35+,36-,37-,38-;/m1./s1. The van der Waals surface area contributed by atoms with Gasteiger partial charge in [0.15, 0.2) is 12.6 Å². The van der Waals surface area contributed by atoms with Crippen LogP contribution in [0.25, 0.3) is 0 Å². The molecule has 0 amide bonds. The first-order valence-electron chi connectivity index (χ1n) is 20.2. The number of carbonyl (C=O) groups excluding carboxylic acids is 1. The van der Waals surface area contributed by atoms with Crippen LogP contribution in [-0.2, 0) is 33.2 Å². The molecule has 0 unspecified atom stereocenters. The van der Waals surface area contributed by atoms with E-state index in [1.807, 2.05) is 51.7 Å². The first kappa shape index (κ1) is 50.1. The second-order valence-electron chi connectivity index (χ2n) is 17.5. The Labute approximate surface area is 330 Å². The molecule has 15 heteroatoms. The number of carbonyl (C=O) groups is 1. The maximum Gasteiger partial charge on any atom is 0.311 e. The van der Waals surface area contributed by atoms with Crippen molar-refractivity contribution in [1.82, 2.24) is 9.80 Å². The summed E-state index contributed by atoms with van der Waals surface area (Å²) >= 11 is 0. The van der Waals surface area contributed by atoms with E-state index in [1.54, 1.807) is 48.5 Å². The number of ether oxygens (including phenoxy) is 6. The summed E-state index contributed by atoms with van der Waals surface area (Å²) in [6.45, 7) is 20.0. The van der Waals surface area contributed by atoms with Crippen LogP contribution in [-0.4, -0.2) is 178 Å². The number of hydrogen-bond acceptors (Lipinski definition) is 15. The third kappa shape index (κ3) is 12.2. The fourth-order valence-electron chi connectivity index (χ4n) is 8.74. The molecule has 0 aromatic rings. The lowest BCUT2D eigenvalue weighted by Gasteiger charge is -2.48. The molecule has 3 aliphatic rings. The van der Waals surface area contributed by atoms with Gasteiger partial charge in [0.2, 0.25) is 0 Å². The first-order valence-corrected chi connectivity index (χ1v) is 20.2. The van der Waals surface area contributed by atoms with Crippen molar-refractivity contribution in [1.29, 1.82) is 0 Å². The van der Waals surface area contributed by atoms with E-state index in [0.717, 1.165) is 0 Å². The van der Waals surface area contributed by atoms with Gasteiger partial charge in [0.05, 0.1) is 41.5 Å². The average Bonchev–Trinajstić information content (AvgIpc) is 3.09. The fraction of sp³-hybridized carbons (Fsp3) is 0.975. The van der Waals surface area contributed by atoms with Crippen molar-refractivity contribution in [2.75, 3.05) is 41.4 Å². The van der Waals surface area contributed by atoms with Crippen molar-refractivity contribution < 1.29 is 63.9 Å². The summed E-state index contributed by atoms with van der Waals surface area (Å²) in [5, 5.41) is 65.7. The molecule has 15 nitrogen and oxygen atoms in total. The second-order valence-corrected chi connectivity index (χ2v) is 17.5. The average molecular weight is 795 g/mol. The molecule has 6 N–H and O–H groups in total. The van der Waals surface area contributed by atoms with Gasteiger partial charge >= 0.3 is 5.97 Å². The molecular weight excluding hydrogens is 716 g/mol. The normalized spacial score (nSPS) is 47.2. The van der Waals surface area contributed by atoms with Gasteiger partial charge in [-0.05, 0) is 102 Å². The summed E-state index contributed by atoms with van der Waals surface area (Å²) in [7, 11) is 7.12. The summed E-state index contributed by atoms with van der Waals surface area (Å²) in [4.78, 5) is 18.0. The zero-order valence-corrected chi connectivity index (χ0v) is 36.3. The Hall–Kier alpha value is -1.05. The van der Waals surface area contributed by atoms with E-state index in [1.165, 1.54) is 14.0 Å². The second kappa shape index (κ2) is 20.8. The summed E-state index contributed by atoms with van der Waals surface area (Å²) in [6.07, 6.45) is -8.19. The predicted molar refractivity (Wildman–Crippen MR) is 207 cm³/mol. The highest BCUT2D eigenvalue weighted by Crippen LogP contribution is 2.40. The highest BCUT2D eigenvalue weighted by molar-refractivity contribution is 5.73. The number of methoxy groups -OCH3 is 1.